The van der Waals surface area contributed by atoms with Crippen LogP contribution < -0.4 is 0 Å². The fourth-order valence-electron chi connectivity index (χ4n) is 9.71. The number of benzene rings is 1. The van der Waals surface area contributed by atoms with Crippen LogP contribution in [-0.4, -0.2) is 0 Å². The molecule has 0 fully saturated rings. The zero-order valence-corrected chi connectivity index (χ0v) is 41.2. The summed E-state index contributed by atoms with van der Waals surface area (Å²) in [5.74, 6) is 0. The summed E-state index contributed by atoms with van der Waals surface area (Å²) in [6.07, 6.45) is 76.8. The molecule has 59 heavy (non-hydrogen) atoms. The lowest BCUT2D eigenvalue weighted by molar-refractivity contribution is 0.507. The number of rotatable bonds is 52. The average Bonchev–Trinajstić information content (AvgIpc) is 3.26. The number of aryl methyl sites for hydroxylation is 1. The summed E-state index contributed by atoms with van der Waals surface area (Å²) in [6.45, 7) is 2.31. The Bertz CT molecular complexity index is 841. The van der Waals surface area contributed by atoms with E-state index in [1.165, 1.54) is 339 Å². The Balaban J connectivity index is 1.59. The molecular formula is C59H112. The van der Waals surface area contributed by atoms with Crippen molar-refractivity contribution < 1.29 is 0 Å². The predicted octanol–water partition coefficient (Wildman–Crippen LogP) is 22.1. The quantitative estimate of drug-likeness (QED) is 0.0574. The Morgan fingerprint density at radius 3 is 0.508 bits per heavy atom. The van der Waals surface area contributed by atoms with Gasteiger partial charge in [0.2, 0.25) is 0 Å². The van der Waals surface area contributed by atoms with Crippen molar-refractivity contribution in [2.45, 2.75) is 341 Å². The molecule has 0 saturated heterocycles. The topological polar surface area (TPSA) is 0 Å². The molecule has 0 bridgehead atoms. The van der Waals surface area contributed by atoms with Crippen LogP contribution in [0.2, 0.25) is 0 Å². The summed E-state index contributed by atoms with van der Waals surface area (Å²) >= 11 is 0. The van der Waals surface area contributed by atoms with E-state index >= 15 is 0 Å². The van der Waals surface area contributed by atoms with Crippen molar-refractivity contribution >= 4 is 0 Å². The van der Waals surface area contributed by atoms with Gasteiger partial charge in [0.1, 0.15) is 0 Å². The first-order valence-corrected chi connectivity index (χ1v) is 28.5. The summed E-state index contributed by atoms with van der Waals surface area (Å²) in [5, 5.41) is 0. The van der Waals surface area contributed by atoms with Crippen LogP contribution >= 0.6 is 0 Å². The Hall–Kier alpha value is -0.780. The molecule has 348 valence electrons. The third-order valence-electron chi connectivity index (χ3n) is 13.9. The van der Waals surface area contributed by atoms with E-state index in [2.05, 4.69) is 37.3 Å². The first-order valence-electron chi connectivity index (χ1n) is 28.5. The molecule has 1 rings (SSSR count). The van der Waals surface area contributed by atoms with Gasteiger partial charge in [-0.25, -0.2) is 0 Å². The van der Waals surface area contributed by atoms with Crippen molar-refractivity contribution in [1.29, 1.82) is 0 Å². The molecule has 0 aliphatic carbocycles. The van der Waals surface area contributed by atoms with Crippen molar-refractivity contribution in [2.75, 3.05) is 0 Å². The molecule has 1 aromatic rings. The lowest BCUT2D eigenvalue weighted by Crippen LogP contribution is -1.86. The molecule has 0 aliphatic heterocycles. The van der Waals surface area contributed by atoms with Crippen molar-refractivity contribution in [3.63, 3.8) is 0 Å². The number of hydrogen-bond donors (Lipinski definition) is 0. The minimum Gasteiger partial charge on any atom is -0.0654 e. The predicted molar refractivity (Wildman–Crippen MR) is 271 cm³/mol. The normalized spacial score (nSPS) is 11.6. The zero-order valence-electron chi connectivity index (χ0n) is 41.2. The van der Waals surface area contributed by atoms with Gasteiger partial charge in [-0.2, -0.15) is 0 Å². The molecule has 0 heteroatoms. The number of unbranched alkanes of at least 4 members (excludes halogenated alkanes) is 50. The molecule has 0 saturated carbocycles. The van der Waals surface area contributed by atoms with E-state index in [0.29, 0.717) is 0 Å². The molecular weight excluding hydrogens is 709 g/mol. The molecule has 0 unspecified atom stereocenters. The molecule has 1 aromatic carbocycles. The first-order chi connectivity index (χ1) is 29.4. The van der Waals surface area contributed by atoms with Gasteiger partial charge in [-0.3, -0.25) is 0 Å². The summed E-state index contributed by atoms with van der Waals surface area (Å²) in [7, 11) is 0. The van der Waals surface area contributed by atoms with Crippen LogP contribution in [0.1, 0.15) is 340 Å². The van der Waals surface area contributed by atoms with Gasteiger partial charge >= 0.3 is 0 Å². The van der Waals surface area contributed by atoms with Gasteiger partial charge in [0, 0.05) is 0 Å². The minimum absolute atomic E-state index is 1.26. The molecule has 0 amide bonds. The Morgan fingerprint density at radius 1 is 0.186 bits per heavy atom. The van der Waals surface area contributed by atoms with Gasteiger partial charge in [0.15, 0.2) is 0 Å². The lowest BCUT2D eigenvalue weighted by Gasteiger charge is -2.05. The lowest BCUT2D eigenvalue weighted by atomic mass is 10.0. The Labute approximate surface area is 375 Å². The summed E-state index contributed by atoms with van der Waals surface area (Å²) in [5.41, 5.74) is 1.51. The smallest absolute Gasteiger partial charge is 0.0279 e. The minimum atomic E-state index is 1.26. The zero-order chi connectivity index (χ0) is 41.9. The van der Waals surface area contributed by atoms with Gasteiger partial charge in [-0.05, 0) is 18.4 Å². The maximum Gasteiger partial charge on any atom is -0.0279 e. The molecule has 0 spiro atoms. The standard InChI is InChI=1S/C59H112/c1-2-3-4-5-6-7-8-9-10-11-12-13-14-15-16-17-18-19-20-21-22-23-24-25-26-27-28-29-30-31-32-33-34-35-36-37-38-39-40-41-42-43-44-45-46-47-48-49-50-51-53-56-59-57-54-52-55-58-59/h52,54-55,57-58H,2-51,53,56H2,1H3. The van der Waals surface area contributed by atoms with Crippen LogP contribution in [0.5, 0.6) is 0 Å². The third kappa shape index (κ3) is 48.1. The molecule has 0 N–H and O–H groups in total. The largest absolute Gasteiger partial charge is 0.0654 e. The van der Waals surface area contributed by atoms with Crippen molar-refractivity contribution in [1.82, 2.24) is 0 Å². The van der Waals surface area contributed by atoms with Crippen LogP contribution in [-0.2, 0) is 6.42 Å². The molecule has 0 aliphatic rings. The van der Waals surface area contributed by atoms with Crippen LogP contribution in [0.4, 0.5) is 0 Å². The molecule has 0 heterocycles. The third-order valence-corrected chi connectivity index (χ3v) is 13.9. The molecule has 0 nitrogen and oxygen atoms in total. The summed E-state index contributed by atoms with van der Waals surface area (Å²) in [6, 6.07) is 11.0. The fraction of sp³-hybridized carbons (Fsp3) is 0.898. The van der Waals surface area contributed by atoms with Crippen LogP contribution in [0.25, 0.3) is 0 Å². The molecule has 0 atom stereocenters. The van der Waals surface area contributed by atoms with Crippen LogP contribution in [0.3, 0.4) is 0 Å². The summed E-state index contributed by atoms with van der Waals surface area (Å²) in [4.78, 5) is 0. The van der Waals surface area contributed by atoms with Gasteiger partial charge in [0.05, 0.1) is 0 Å². The molecule has 0 aromatic heterocycles. The van der Waals surface area contributed by atoms with E-state index in [-0.39, 0.29) is 0 Å². The van der Waals surface area contributed by atoms with Gasteiger partial charge in [-0.15, -0.1) is 0 Å². The van der Waals surface area contributed by atoms with Gasteiger partial charge in [-0.1, -0.05) is 358 Å². The SMILES string of the molecule is CCCCCCCCCCCCCCCCCCCCCCCCCCCCCCCCCCCCCCCCCCCCCCCCCCCCCc1ccccc1. The highest BCUT2D eigenvalue weighted by Gasteiger charge is 2.00. The average molecular weight is 822 g/mol. The highest BCUT2D eigenvalue weighted by molar-refractivity contribution is 5.14. The maximum atomic E-state index is 2.31. The monoisotopic (exact) mass is 821 g/mol. The van der Waals surface area contributed by atoms with Crippen molar-refractivity contribution in [2.24, 2.45) is 0 Å². The second-order valence-corrected chi connectivity index (χ2v) is 19.9. The van der Waals surface area contributed by atoms with E-state index in [1.54, 1.807) is 0 Å². The highest BCUT2D eigenvalue weighted by Crippen LogP contribution is 2.19. The fourth-order valence-corrected chi connectivity index (χ4v) is 9.71. The van der Waals surface area contributed by atoms with E-state index in [0.717, 1.165) is 0 Å². The second-order valence-electron chi connectivity index (χ2n) is 19.9. The van der Waals surface area contributed by atoms with Gasteiger partial charge in [0.25, 0.3) is 0 Å². The Kier molecular flexibility index (Phi) is 49.2. The van der Waals surface area contributed by atoms with E-state index < -0.39 is 0 Å². The van der Waals surface area contributed by atoms with Crippen LogP contribution in [0.15, 0.2) is 30.3 Å². The van der Waals surface area contributed by atoms with Gasteiger partial charge < -0.3 is 0 Å². The summed E-state index contributed by atoms with van der Waals surface area (Å²) < 4.78 is 0. The second kappa shape index (κ2) is 51.6. The van der Waals surface area contributed by atoms with Crippen molar-refractivity contribution in [3.05, 3.63) is 35.9 Å². The van der Waals surface area contributed by atoms with Crippen LogP contribution in [0, 0.1) is 0 Å². The van der Waals surface area contributed by atoms with E-state index in [9.17, 15) is 0 Å². The number of hydrogen-bond acceptors (Lipinski definition) is 0. The highest BCUT2D eigenvalue weighted by atomic mass is 14.1. The van der Waals surface area contributed by atoms with E-state index in [4.69, 9.17) is 0 Å². The van der Waals surface area contributed by atoms with Crippen molar-refractivity contribution in [3.8, 4) is 0 Å². The Morgan fingerprint density at radius 2 is 0.339 bits per heavy atom. The molecule has 0 radical (unpaired) electrons. The maximum absolute atomic E-state index is 2.31. The van der Waals surface area contributed by atoms with E-state index in [1.807, 2.05) is 0 Å². The first kappa shape index (κ1) is 56.2.